The lowest BCUT2D eigenvalue weighted by molar-refractivity contribution is -0.131. The van der Waals surface area contributed by atoms with E-state index in [-0.39, 0.29) is 11.3 Å². The predicted molar refractivity (Wildman–Crippen MR) is 84.0 cm³/mol. The van der Waals surface area contributed by atoms with Gasteiger partial charge in [-0.1, -0.05) is 38.9 Å². The molecule has 0 aromatic heterocycles. The smallest absolute Gasteiger partial charge is 0.226 e. The van der Waals surface area contributed by atoms with Gasteiger partial charge in [-0.05, 0) is 44.4 Å². The lowest BCUT2D eigenvalue weighted by Crippen LogP contribution is -2.40. The van der Waals surface area contributed by atoms with Crippen molar-refractivity contribution in [3.05, 3.63) is 0 Å². The van der Waals surface area contributed by atoms with E-state index < -0.39 is 0 Å². The summed E-state index contributed by atoms with van der Waals surface area (Å²) in [5.74, 6) is 0.854. The number of unbranched alkanes of at least 4 members (excludes halogenated alkanes) is 1. The molecule has 19 heavy (non-hydrogen) atoms. The van der Waals surface area contributed by atoms with Crippen molar-refractivity contribution in [3.8, 4) is 0 Å². The second kappa shape index (κ2) is 7.83. The molecule has 1 rings (SSSR count). The number of thiocarbonyl (C=S) groups is 1. The Morgan fingerprint density at radius 3 is 2.47 bits per heavy atom. The van der Waals surface area contributed by atoms with Crippen LogP contribution >= 0.6 is 12.2 Å². The third kappa shape index (κ3) is 5.47. The van der Waals surface area contributed by atoms with Gasteiger partial charge in [0.05, 0.1) is 4.99 Å². The number of rotatable bonds is 8. The van der Waals surface area contributed by atoms with Crippen LogP contribution < -0.4 is 11.1 Å². The second-order valence-corrected chi connectivity index (χ2v) is 6.79. The topological polar surface area (TPSA) is 55.1 Å². The third-order valence-electron chi connectivity index (χ3n) is 3.98. The lowest BCUT2D eigenvalue weighted by atomic mass is 9.77. The zero-order valence-electron chi connectivity index (χ0n) is 12.3. The molecule has 0 aliphatic heterocycles. The maximum absolute atomic E-state index is 12.4. The highest BCUT2D eigenvalue weighted by Crippen LogP contribution is 2.43. The second-order valence-electron chi connectivity index (χ2n) is 6.26. The molecule has 0 aromatic rings. The normalized spacial score (nSPS) is 17.6. The molecule has 0 bridgehead atoms. The van der Waals surface area contributed by atoms with Crippen molar-refractivity contribution in [2.24, 2.45) is 17.1 Å². The van der Waals surface area contributed by atoms with Crippen molar-refractivity contribution >= 4 is 23.1 Å². The summed E-state index contributed by atoms with van der Waals surface area (Å²) in [7, 11) is 0. The van der Waals surface area contributed by atoms with E-state index in [9.17, 15) is 4.79 Å². The fourth-order valence-corrected chi connectivity index (χ4v) is 3.32. The van der Waals surface area contributed by atoms with Gasteiger partial charge in [0.1, 0.15) is 0 Å². The summed E-state index contributed by atoms with van der Waals surface area (Å²) >= 11 is 4.84. The SMILES string of the molecule is CC(C)CC1(C(=O)NCCCCC(N)=S)CCCC1. The fourth-order valence-electron chi connectivity index (χ4n) is 3.17. The van der Waals surface area contributed by atoms with Crippen LogP contribution in [0, 0.1) is 11.3 Å². The maximum atomic E-state index is 12.4. The Morgan fingerprint density at radius 2 is 1.95 bits per heavy atom. The molecule has 1 fully saturated rings. The van der Waals surface area contributed by atoms with E-state index >= 15 is 0 Å². The van der Waals surface area contributed by atoms with Crippen LogP contribution in [0.3, 0.4) is 0 Å². The number of nitrogens with one attached hydrogen (secondary N) is 1. The van der Waals surface area contributed by atoms with E-state index in [1.54, 1.807) is 0 Å². The van der Waals surface area contributed by atoms with Gasteiger partial charge in [-0.3, -0.25) is 4.79 Å². The zero-order valence-corrected chi connectivity index (χ0v) is 13.2. The van der Waals surface area contributed by atoms with Crippen molar-refractivity contribution < 1.29 is 4.79 Å². The summed E-state index contributed by atoms with van der Waals surface area (Å²) in [5.41, 5.74) is 5.37. The van der Waals surface area contributed by atoms with Crippen molar-refractivity contribution in [1.82, 2.24) is 5.32 Å². The summed E-state index contributed by atoms with van der Waals surface area (Å²) in [6.07, 6.45) is 8.23. The Kier molecular flexibility index (Phi) is 6.76. The first-order valence-corrected chi connectivity index (χ1v) is 7.94. The first-order chi connectivity index (χ1) is 8.96. The van der Waals surface area contributed by atoms with E-state index in [1.807, 2.05) is 0 Å². The average molecular weight is 284 g/mol. The molecule has 0 radical (unpaired) electrons. The molecule has 1 aliphatic carbocycles. The van der Waals surface area contributed by atoms with Gasteiger partial charge in [0.15, 0.2) is 0 Å². The summed E-state index contributed by atoms with van der Waals surface area (Å²) in [6, 6.07) is 0. The number of carbonyl (C=O) groups excluding carboxylic acids is 1. The monoisotopic (exact) mass is 284 g/mol. The van der Waals surface area contributed by atoms with Crippen LogP contribution in [0.25, 0.3) is 0 Å². The predicted octanol–water partition coefficient (Wildman–Crippen LogP) is 3.17. The van der Waals surface area contributed by atoms with Crippen LogP contribution in [-0.4, -0.2) is 17.4 Å². The van der Waals surface area contributed by atoms with E-state index in [0.29, 0.717) is 10.9 Å². The Hall–Kier alpha value is -0.640. The summed E-state index contributed by atoms with van der Waals surface area (Å²) < 4.78 is 0. The molecule has 0 saturated heterocycles. The molecule has 1 aliphatic rings. The molecule has 110 valence electrons. The van der Waals surface area contributed by atoms with Crippen LogP contribution in [0.15, 0.2) is 0 Å². The highest BCUT2D eigenvalue weighted by Gasteiger charge is 2.40. The fraction of sp³-hybridized carbons (Fsp3) is 0.867. The van der Waals surface area contributed by atoms with Gasteiger partial charge in [0.2, 0.25) is 5.91 Å². The van der Waals surface area contributed by atoms with Gasteiger partial charge in [-0.2, -0.15) is 0 Å². The third-order valence-corrected chi connectivity index (χ3v) is 4.18. The number of hydrogen-bond donors (Lipinski definition) is 2. The largest absolute Gasteiger partial charge is 0.393 e. The summed E-state index contributed by atoms with van der Waals surface area (Å²) in [4.78, 5) is 13.0. The van der Waals surface area contributed by atoms with Crippen molar-refractivity contribution in [2.75, 3.05) is 6.54 Å². The summed E-state index contributed by atoms with van der Waals surface area (Å²) in [5, 5.41) is 3.12. The molecule has 1 saturated carbocycles. The van der Waals surface area contributed by atoms with E-state index in [2.05, 4.69) is 19.2 Å². The van der Waals surface area contributed by atoms with Gasteiger partial charge < -0.3 is 11.1 Å². The van der Waals surface area contributed by atoms with Crippen LogP contribution in [0.4, 0.5) is 0 Å². The van der Waals surface area contributed by atoms with Crippen LogP contribution in [0.1, 0.15) is 65.2 Å². The van der Waals surface area contributed by atoms with E-state index in [0.717, 1.165) is 45.1 Å². The number of nitrogens with two attached hydrogens (primary N) is 1. The molecule has 0 heterocycles. The Balaban J connectivity index is 2.34. The van der Waals surface area contributed by atoms with Crippen molar-refractivity contribution in [2.45, 2.75) is 65.2 Å². The van der Waals surface area contributed by atoms with Crippen LogP contribution in [0.2, 0.25) is 0 Å². The molecule has 0 unspecified atom stereocenters. The number of amides is 1. The average Bonchev–Trinajstić information content (AvgIpc) is 2.76. The van der Waals surface area contributed by atoms with Crippen molar-refractivity contribution in [1.29, 1.82) is 0 Å². The molecule has 3 nitrogen and oxygen atoms in total. The molecule has 0 atom stereocenters. The van der Waals surface area contributed by atoms with Crippen LogP contribution in [0.5, 0.6) is 0 Å². The van der Waals surface area contributed by atoms with Crippen LogP contribution in [-0.2, 0) is 4.79 Å². The van der Waals surface area contributed by atoms with Gasteiger partial charge in [-0.25, -0.2) is 0 Å². The molecule has 3 N–H and O–H groups in total. The first-order valence-electron chi connectivity index (χ1n) is 7.53. The van der Waals surface area contributed by atoms with E-state index in [1.165, 1.54) is 12.8 Å². The molecular weight excluding hydrogens is 256 g/mol. The molecular formula is C15H28N2OS. The van der Waals surface area contributed by atoms with Crippen molar-refractivity contribution in [3.63, 3.8) is 0 Å². The molecule has 1 amide bonds. The minimum Gasteiger partial charge on any atom is -0.393 e. The maximum Gasteiger partial charge on any atom is 0.226 e. The molecule has 0 spiro atoms. The Labute approximate surface area is 122 Å². The van der Waals surface area contributed by atoms with Gasteiger partial charge in [0, 0.05) is 12.0 Å². The quantitative estimate of drug-likeness (QED) is 0.532. The first kappa shape index (κ1) is 16.4. The van der Waals surface area contributed by atoms with Gasteiger partial charge in [0.25, 0.3) is 0 Å². The highest BCUT2D eigenvalue weighted by atomic mass is 32.1. The zero-order chi connectivity index (χ0) is 14.3. The lowest BCUT2D eigenvalue weighted by Gasteiger charge is -2.29. The van der Waals surface area contributed by atoms with Gasteiger partial charge >= 0.3 is 0 Å². The Morgan fingerprint density at radius 1 is 1.32 bits per heavy atom. The highest BCUT2D eigenvalue weighted by molar-refractivity contribution is 7.80. The minimum absolute atomic E-state index is 0.0860. The molecule has 4 heteroatoms. The number of carbonyl (C=O) groups is 1. The number of hydrogen-bond acceptors (Lipinski definition) is 2. The minimum atomic E-state index is -0.0860. The molecule has 0 aromatic carbocycles. The van der Waals surface area contributed by atoms with Gasteiger partial charge in [-0.15, -0.1) is 0 Å². The summed E-state index contributed by atoms with van der Waals surface area (Å²) in [6.45, 7) is 5.16. The van der Waals surface area contributed by atoms with E-state index in [4.69, 9.17) is 18.0 Å². The Bertz CT molecular complexity index is 309. The standard InChI is InChI=1S/C15H28N2OS/c1-12(2)11-15(8-4-5-9-15)14(18)17-10-6-3-7-13(16)19/h12H,3-11H2,1-2H3,(H2,16,19)(H,17,18).